The van der Waals surface area contributed by atoms with Crippen LogP contribution in [0.5, 0.6) is 0 Å². The molecule has 0 unspecified atom stereocenters. The number of methoxy groups -OCH3 is 1. The maximum Gasteiger partial charge on any atom is 0.177 e. The fourth-order valence-electron chi connectivity index (χ4n) is 1.92. The van der Waals surface area contributed by atoms with Crippen LogP contribution in [-0.2, 0) is 19.1 Å². The first-order valence-electron chi connectivity index (χ1n) is 5.61. The predicted molar refractivity (Wildman–Crippen MR) is 62.2 cm³/mol. The van der Waals surface area contributed by atoms with Crippen LogP contribution in [0.2, 0.25) is 0 Å². The smallest absolute Gasteiger partial charge is 0.177 e. The van der Waals surface area contributed by atoms with Crippen molar-refractivity contribution in [2.24, 2.45) is 17.3 Å². The van der Waals surface area contributed by atoms with Gasteiger partial charge in [-0.2, -0.15) is 0 Å². The van der Waals surface area contributed by atoms with Gasteiger partial charge in [0.1, 0.15) is 11.7 Å². The third-order valence-electron chi connectivity index (χ3n) is 3.13. The number of hydrogen-bond acceptors (Lipinski definition) is 4. The van der Waals surface area contributed by atoms with Gasteiger partial charge in [-0.05, 0) is 13.8 Å². The zero-order chi connectivity index (χ0) is 13.4. The Bertz CT molecular complexity index is 402. The van der Waals surface area contributed by atoms with Gasteiger partial charge in [0.05, 0.1) is 12.5 Å². The van der Waals surface area contributed by atoms with Gasteiger partial charge in [0.25, 0.3) is 0 Å². The number of hydrogen-bond donors (Lipinski definition) is 0. The summed E-state index contributed by atoms with van der Waals surface area (Å²) >= 11 is 0. The Morgan fingerprint density at radius 2 is 1.88 bits per heavy atom. The molecule has 17 heavy (non-hydrogen) atoms. The van der Waals surface area contributed by atoms with Gasteiger partial charge < -0.3 is 4.74 Å². The molecule has 94 valence electrons. The second-order valence-corrected chi connectivity index (χ2v) is 5.09. The quantitative estimate of drug-likeness (QED) is 0.700. The Morgan fingerprint density at radius 1 is 1.35 bits per heavy atom. The largest absolute Gasteiger partial charge is 0.500 e. The minimum Gasteiger partial charge on any atom is -0.500 e. The highest BCUT2D eigenvalue weighted by Gasteiger charge is 2.48. The van der Waals surface area contributed by atoms with Crippen molar-refractivity contribution >= 4 is 17.3 Å². The SMILES string of the molecule is COC1=CC(=O)[C@@H](C(=O)C(C)C)C(=O)C1(C)C. The number of carbonyl (C=O) groups is 3. The van der Waals surface area contributed by atoms with E-state index in [1.54, 1.807) is 27.7 Å². The number of ether oxygens (including phenoxy) is 1. The summed E-state index contributed by atoms with van der Waals surface area (Å²) in [6.07, 6.45) is 1.27. The molecule has 0 aliphatic heterocycles. The number of carbonyl (C=O) groups excluding carboxylic acids is 3. The summed E-state index contributed by atoms with van der Waals surface area (Å²) in [5, 5.41) is 0. The third kappa shape index (κ3) is 2.16. The molecular formula is C13H18O4. The Labute approximate surface area is 101 Å². The average Bonchev–Trinajstić information content (AvgIpc) is 2.23. The van der Waals surface area contributed by atoms with Gasteiger partial charge in [0.2, 0.25) is 0 Å². The molecule has 0 fully saturated rings. The van der Waals surface area contributed by atoms with Crippen LogP contribution < -0.4 is 0 Å². The van der Waals surface area contributed by atoms with E-state index in [2.05, 4.69) is 0 Å². The van der Waals surface area contributed by atoms with Crippen molar-refractivity contribution in [2.75, 3.05) is 7.11 Å². The van der Waals surface area contributed by atoms with E-state index in [4.69, 9.17) is 4.74 Å². The number of rotatable bonds is 3. The zero-order valence-electron chi connectivity index (χ0n) is 10.9. The van der Waals surface area contributed by atoms with E-state index in [-0.39, 0.29) is 17.5 Å². The lowest BCUT2D eigenvalue weighted by Crippen LogP contribution is -2.46. The van der Waals surface area contributed by atoms with Crippen molar-refractivity contribution in [3.05, 3.63) is 11.8 Å². The summed E-state index contributed by atoms with van der Waals surface area (Å²) in [5.41, 5.74) is -0.919. The zero-order valence-corrected chi connectivity index (χ0v) is 10.9. The van der Waals surface area contributed by atoms with E-state index in [0.717, 1.165) is 0 Å². The van der Waals surface area contributed by atoms with E-state index in [1.165, 1.54) is 13.2 Å². The molecule has 0 aromatic rings. The summed E-state index contributed by atoms with van der Waals surface area (Å²) in [6.45, 7) is 6.70. The van der Waals surface area contributed by atoms with Gasteiger partial charge in [-0.15, -0.1) is 0 Å². The molecule has 1 atom stereocenters. The highest BCUT2D eigenvalue weighted by Crippen LogP contribution is 2.36. The number of ketones is 3. The number of Topliss-reactive ketones (excluding diaryl/α,β-unsaturated/α-hetero) is 2. The van der Waals surface area contributed by atoms with Crippen molar-refractivity contribution in [1.29, 1.82) is 0 Å². The molecule has 0 heterocycles. The second-order valence-electron chi connectivity index (χ2n) is 5.09. The summed E-state index contributed by atoms with van der Waals surface area (Å²) in [7, 11) is 1.42. The Hall–Kier alpha value is -1.45. The molecule has 0 amide bonds. The van der Waals surface area contributed by atoms with Gasteiger partial charge in [-0.1, -0.05) is 13.8 Å². The molecule has 0 aromatic heterocycles. The minimum atomic E-state index is -1.16. The van der Waals surface area contributed by atoms with Gasteiger partial charge in [0, 0.05) is 12.0 Å². The van der Waals surface area contributed by atoms with Crippen LogP contribution in [0, 0.1) is 17.3 Å². The van der Waals surface area contributed by atoms with E-state index in [1.807, 2.05) is 0 Å². The molecule has 4 heteroatoms. The monoisotopic (exact) mass is 238 g/mol. The summed E-state index contributed by atoms with van der Waals surface area (Å²) in [5.74, 6) is -2.34. The second kappa shape index (κ2) is 4.43. The molecule has 0 saturated carbocycles. The first kappa shape index (κ1) is 13.6. The van der Waals surface area contributed by atoms with Crippen molar-refractivity contribution < 1.29 is 19.1 Å². The standard InChI is InChI=1S/C13H18O4/c1-7(2)11(15)10-8(14)6-9(17-5)13(3,4)12(10)16/h6-7,10H,1-5H3/t10-/m0/s1. The lowest BCUT2D eigenvalue weighted by Gasteiger charge is -2.32. The molecule has 0 spiro atoms. The van der Waals surface area contributed by atoms with Crippen molar-refractivity contribution in [3.8, 4) is 0 Å². The first-order valence-corrected chi connectivity index (χ1v) is 5.61. The van der Waals surface area contributed by atoms with Crippen LogP contribution in [0.25, 0.3) is 0 Å². The van der Waals surface area contributed by atoms with Gasteiger partial charge in [-0.3, -0.25) is 14.4 Å². The predicted octanol–water partition coefficient (Wildman–Crippen LogP) is 1.54. The Balaban J connectivity index is 3.23. The van der Waals surface area contributed by atoms with E-state index < -0.39 is 17.1 Å². The molecule has 0 aromatic carbocycles. The van der Waals surface area contributed by atoms with Crippen LogP contribution >= 0.6 is 0 Å². The molecule has 1 rings (SSSR count). The average molecular weight is 238 g/mol. The lowest BCUT2D eigenvalue weighted by atomic mass is 9.70. The van der Waals surface area contributed by atoms with Crippen LogP contribution in [0.15, 0.2) is 11.8 Å². The molecule has 1 aliphatic carbocycles. The molecule has 0 N–H and O–H groups in total. The highest BCUT2D eigenvalue weighted by molar-refractivity contribution is 6.26. The maximum absolute atomic E-state index is 12.2. The van der Waals surface area contributed by atoms with E-state index >= 15 is 0 Å². The van der Waals surface area contributed by atoms with Gasteiger partial charge >= 0.3 is 0 Å². The summed E-state index contributed by atoms with van der Waals surface area (Å²) in [4.78, 5) is 35.9. The van der Waals surface area contributed by atoms with Crippen molar-refractivity contribution in [3.63, 3.8) is 0 Å². The van der Waals surface area contributed by atoms with Gasteiger partial charge in [0.15, 0.2) is 17.3 Å². The third-order valence-corrected chi connectivity index (χ3v) is 3.13. The summed E-state index contributed by atoms with van der Waals surface area (Å²) in [6, 6.07) is 0. The molecule has 0 radical (unpaired) electrons. The topological polar surface area (TPSA) is 60.4 Å². The first-order chi connectivity index (χ1) is 7.73. The molecule has 0 bridgehead atoms. The molecule has 4 nitrogen and oxygen atoms in total. The maximum atomic E-state index is 12.2. The molecule has 0 saturated heterocycles. The lowest BCUT2D eigenvalue weighted by molar-refractivity contribution is -0.145. The van der Waals surface area contributed by atoms with E-state index in [9.17, 15) is 14.4 Å². The fraction of sp³-hybridized carbons (Fsp3) is 0.615. The summed E-state index contributed by atoms with van der Waals surface area (Å²) < 4.78 is 5.04. The Morgan fingerprint density at radius 3 is 2.29 bits per heavy atom. The minimum absolute atomic E-state index is 0.320. The normalized spacial score (nSPS) is 23.6. The fourth-order valence-corrected chi connectivity index (χ4v) is 1.92. The van der Waals surface area contributed by atoms with Gasteiger partial charge in [-0.25, -0.2) is 0 Å². The van der Waals surface area contributed by atoms with E-state index in [0.29, 0.717) is 5.76 Å². The Kier molecular flexibility index (Phi) is 3.55. The molecule has 1 aliphatic rings. The van der Waals surface area contributed by atoms with Crippen molar-refractivity contribution in [2.45, 2.75) is 27.7 Å². The highest BCUT2D eigenvalue weighted by atomic mass is 16.5. The number of allylic oxidation sites excluding steroid dienone is 2. The van der Waals surface area contributed by atoms with Crippen LogP contribution in [0.4, 0.5) is 0 Å². The van der Waals surface area contributed by atoms with Crippen LogP contribution in [-0.4, -0.2) is 24.5 Å². The van der Waals surface area contributed by atoms with Crippen LogP contribution in [0.3, 0.4) is 0 Å². The van der Waals surface area contributed by atoms with Crippen LogP contribution in [0.1, 0.15) is 27.7 Å². The van der Waals surface area contributed by atoms with Crippen molar-refractivity contribution in [1.82, 2.24) is 0 Å². The molecular weight excluding hydrogens is 220 g/mol.